The van der Waals surface area contributed by atoms with Crippen LogP contribution in [0, 0.1) is 23.2 Å². The lowest BCUT2D eigenvalue weighted by atomic mass is 9.49. The van der Waals surface area contributed by atoms with Crippen LogP contribution in [-0.4, -0.2) is 36.6 Å². The predicted molar refractivity (Wildman–Crippen MR) is 123 cm³/mol. The highest BCUT2D eigenvalue weighted by Crippen LogP contribution is 2.61. The number of aromatic nitrogens is 5. The molecule has 4 bridgehead atoms. The Morgan fingerprint density at radius 3 is 2.52 bits per heavy atom. The number of rotatable bonds is 9. The number of carbonyl (C=O) groups excluding carboxylic acids is 1. The minimum atomic E-state index is -0.0976. The maximum atomic E-state index is 12.4. The second kappa shape index (κ2) is 8.65. The molecule has 2 aromatic heterocycles. The monoisotopic (exact) mass is 458 g/mol. The summed E-state index contributed by atoms with van der Waals surface area (Å²) in [5.41, 5.74) is 0.412. The van der Waals surface area contributed by atoms with Gasteiger partial charge in [-0.25, -0.2) is 0 Å². The number of thioether (sulfide) groups is 1. The molecule has 7 nitrogen and oxygen atoms in total. The lowest BCUT2D eigenvalue weighted by Gasteiger charge is -2.56. The Balaban J connectivity index is 1.25. The van der Waals surface area contributed by atoms with Gasteiger partial charge in [0.25, 0.3) is 0 Å². The molecule has 6 rings (SSSR count). The number of nitrogens with one attached hydrogen (secondary N) is 1. The SMILES string of the molecule is C=CCn1c(CC23CC4CC(CC(C4)C2)C3)nnc1SCC(=O)Nc1nnc(CC)s1. The summed E-state index contributed by atoms with van der Waals surface area (Å²) in [4.78, 5) is 12.4. The fourth-order valence-electron chi connectivity index (χ4n) is 6.44. The molecule has 2 heterocycles. The molecule has 1 amide bonds. The van der Waals surface area contributed by atoms with E-state index in [1.807, 2.05) is 13.0 Å². The van der Waals surface area contributed by atoms with Crippen LogP contribution in [0.1, 0.15) is 56.3 Å². The molecule has 2 aromatic rings. The Morgan fingerprint density at radius 2 is 1.90 bits per heavy atom. The summed E-state index contributed by atoms with van der Waals surface area (Å²) in [7, 11) is 0. The van der Waals surface area contributed by atoms with Crippen LogP contribution >= 0.6 is 23.1 Å². The van der Waals surface area contributed by atoms with E-state index < -0.39 is 0 Å². The van der Waals surface area contributed by atoms with Gasteiger partial charge in [-0.2, -0.15) is 0 Å². The standard InChI is InChI=1S/C22H30N6OS2/c1-3-5-28-17(12-22-9-14-6-15(10-22)8-16(7-14)11-22)24-27-21(28)30-13-18(29)23-20-26-25-19(4-2)31-20/h3,14-16H,1,4-13H2,2H3,(H,23,26,29). The van der Waals surface area contributed by atoms with Crippen molar-refractivity contribution in [2.75, 3.05) is 11.1 Å². The first-order valence-electron chi connectivity index (χ1n) is 11.3. The summed E-state index contributed by atoms with van der Waals surface area (Å²) in [6.45, 7) is 6.63. The van der Waals surface area contributed by atoms with E-state index in [1.54, 1.807) is 0 Å². The van der Waals surface area contributed by atoms with Crippen molar-refractivity contribution in [3.8, 4) is 0 Å². The lowest BCUT2D eigenvalue weighted by Crippen LogP contribution is -2.47. The normalized spacial score (nSPS) is 28.7. The summed E-state index contributed by atoms with van der Waals surface area (Å²) in [6, 6.07) is 0. The van der Waals surface area contributed by atoms with Gasteiger partial charge in [-0.1, -0.05) is 36.1 Å². The van der Waals surface area contributed by atoms with E-state index in [0.717, 1.165) is 46.6 Å². The highest BCUT2D eigenvalue weighted by atomic mass is 32.2. The van der Waals surface area contributed by atoms with Gasteiger partial charge in [-0.3, -0.25) is 10.1 Å². The molecular weight excluding hydrogens is 428 g/mol. The second-order valence-electron chi connectivity index (χ2n) is 9.58. The molecule has 0 radical (unpaired) electrons. The number of allylic oxidation sites excluding steroid dienone is 1. The molecule has 0 unspecified atom stereocenters. The molecule has 4 aliphatic carbocycles. The molecule has 1 N–H and O–H groups in total. The van der Waals surface area contributed by atoms with E-state index in [-0.39, 0.29) is 11.7 Å². The average Bonchev–Trinajstić information content (AvgIpc) is 3.32. The maximum Gasteiger partial charge on any atom is 0.236 e. The van der Waals surface area contributed by atoms with Gasteiger partial charge in [0, 0.05) is 13.0 Å². The fourth-order valence-corrected chi connectivity index (χ4v) is 7.91. The first-order chi connectivity index (χ1) is 15.1. The zero-order valence-corrected chi connectivity index (χ0v) is 19.7. The Hall–Kier alpha value is -1.74. The van der Waals surface area contributed by atoms with Crippen molar-refractivity contribution in [1.82, 2.24) is 25.0 Å². The number of hydrogen-bond acceptors (Lipinski definition) is 7. The highest BCUT2D eigenvalue weighted by Gasteiger charge is 2.51. The first kappa shape index (κ1) is 21.1. The van der Waals surface area contributed by atoms with Crippen molar-refractivity contribution < 1.29 is 4.79 Å². The number of hydrogen-bond donors (Lipinski definition) is 1. The van der Waals surface area contributed by atoms with Gasteiger partial charge in [-0.15, -0.1) is 27.0 Å². The zero-order chi connectivity index (χ0) is 21.4. The van der Waals surface area contributed by atoms with E-state index in [2.05, 4.69) is 36.9 Å². The van der Waals surface area contributed by atoms with Gasteiger partial charge in [0.1, 0.15) is 10.8 Å². The van der Waals surface area contributed by atoms with Crippen LogP contribution in [0.25, 0.3) is 0 Å². The molecule has 0 saturated heterocycles. The van der Waals surface area contributed by atoms with Crippen LogP contribution in [0.3, 0.4) is 0 Å². The number of amides is 1. The van der Waals surface area contributed by atoms with Gasteiger partial charge < -0.3 is 4.57 Å². The van der Waals surface area contributed by atoms with Crippen LogP contribution in [0.2, 0.25) is 0 Å². The first-order valence-corrected chi connectivity index (χ1v) is 13.1. The summed E-state index contributed by atoms with van der Waals surface area (Å²) in [6.07, 6.45) is 12.1. The van der Waals surface area contributed by atoms with Crippen molar-refractivity contribution in [1.29, 1.82) is 0 Å². The van der Waals surface area contributed by atoms with E-state index in [1.165, 1.54) is 61.6 Å². The predicted octanol–water partition coefficient (Wildman–Crippen LogP) is 4.37. The van der Waals surface area contributed by atoms with Crippen LogP contribution in [0.4, 0.5) is 5.13 Å². The van der Waals surface area contributed by atoms with Crippen LogP contribution in [0.15, 0.2) is 17.8 Å². The molecular formula is C22H30N6OS2. The molecule has 31 heavy (non-hydrogen) atoms. The molecule has 4 aliphatic rings. The number of anilines is 1. The summed E-state index contributed by atoms with van der Waals surface area (Å²) in [5.74, 6) is 4.00. The van der Waals surface area contributed by atoms with Crippen LogP contribution in [-0.2, 0) is 24.2 Å². The summed E-state index contributed by atoms with van der Waals surface area (Å²) >= 11 is 2.85. The molecule has 0 aromatic carbocycles. The minimum Gasteiger partial charge on any atom is -0.302 e. The van der Waals surface area contributed by atoms with E-state index >= 15 is 0 Å². The number of aryl methyl sites for hydroxylation is 1. The molecule has 166 valence electrons. The lowest BCUT2D eigenvalue weighted by molar-refractivity contribution is -0.113. The Bertz CT molecular complexity index is 932. The third-order valence-electron chi connectivity index (χ3n) is 7.15. The largest absolute Gasteiger partial charge is 0.302 e. The van der Waals surface area contributed by atoms with E-state index in [4.69, 9.17) is 0 Å². The topological polar surface area (TPSA) is 85.6 Å². The molecule has 0 spiro atoms. The minimum absolute atomic E-state index is 0.0976. The quantitative estimate of drug-likeness (QED) is 0.444. The van der Waals surface area contributed by atoms with Crippen LogP contribution < -0.4 is 5.32 Å². The summed E-state index contributed by atoms with van der Waals surface area (Å²) in [5, 5.41) is 22.2. The van der Waals surface area contributed by atoms with Gasteiger partial charge in [0.2, 0.25) is 11.0 Å². The number of nitrogens with zero attached hydrogens (tertiary/aromatic N) is 5. The van der Waals surface area contributed by atoms with Gasteiger partial charge in [0.05, 0.1) is 5.75 Å². The molecule has 0 atom stereocenters. The highest BCUT2D eigenvalue weighted by molar-refractivity contribution is 7.99. The Labute approximate surface area is 191 Å². The Kier molecular flexibility index (Phi) is 5.90. The summed E-state index contributed by atoms with van der Waals surface area (Å²) < 4.78 is 2.16. The van der Waals surface area contributed by atoms with Gasteiger partial charge >= 0.3 is 0 Å². The van der Waals surface area contributed by atoms with E-state index in [9.17, 15) is 4.79 Å². The molecule has 9 heteroatoms. The van der Waals surface area contributed by atoms with Crippen molar-refractivity contribution in [2.45, 2.75) is 70.0 Å². The van der Waals surface area contributed by atoms with Crippen LogP contribution in [0.5, 0.6) is 0 Å². The van der Waals surface area contributed by atoms with Crippen molar-refractivity contribution >= 4 is 34.1 Å². The third kappa shape index (κ3) is 4.44. The van der Waals surface area contributed by atoms with Gasteiger partial charge in [0.15, 0.2) is 5.16 Å². The fraction of sp³-hybridized carbons (Fsp3) is 0.682. The van der Waals surface area contributed by atoms with Crippen molar-refractivity contribution in [3.05, 3.63) is 23.5 Å². The smallest absolute Gasteiger partial charge is 0.236 e. The van der Waals surface area contributed by atoms with Crippen molar-refractivity contribution in [3.63, 3.8) is 0 Å². The number of carbonyl (C=O) groups is 1. The maximum absolute atomic E-state index is 12.4. The molecule has 4 fully saturated rings. The van der Waals surface area contributed by atoms with Gasteiger partial charge in [-0.05, 0) is 68.1 Å². The molecule has 4 saturated carbocycles. The zero-order valence-electron chi connectivity index (χ0n) is 18.0. The second-order valence-corrected chi connectivity index (χ2v) is 11.6. The van der Waals surface area contributed by atoms with E-state index in [0.29, 0.717) is 17.1 Å². The van der Waals surface area contributed by atoms with Crippen molar-refractivity contribution in [2.24, 2.45) is 23.2 Å². The third-order valence-corrected chi connectivity index (χ3v) is 9.10. The molecule has 0 aliphatic heterocycles. The Morgan fingerprint density at radius 1 is 1.19 bits per heavy atom. The average molecular weight is 459 g/mol.